The normalized spacial score (nSPS) is 17.1. The van der Waals surface area contributed by atoms with Gasteiger partial charge >= 0.3 is 6.03 Å². The molecule has 210 valence electrons. The Labute approximate surface area is 236 Å². The molecule has 0 radical (unpaired) electrons. The zero-order valence-electron chi connectivity index (χ0n) is 22.2. The SMILES string of the molecule is NC(=O)N1CCN(C(=O)c2ccc(Nc3nccc(-c4ccc(S(=O)N(N)C5CCCCC5)cc4)n3)cc2)CC1. The summed E-state index contributed by atoms with van der Waals surface area (Å²) in [7, 11) is -1.41. The molecular weight excluding hydrogens is 528 g/mol. The molecule has 12 heteroatoms. The van der Waals surface area contributed by atoms with Crippen LogP contribution in [0.1, 0.15) is 42.5 Å². The summed E-state index contributed by atoms with van der Waals surface area (Å²) >= 11 is 0. The Morgan fingerprint density at radius 1 is 0.900 bits per heavy atom. The van der Waals surface area contributed by atoms with Crippen molar-refractivity contribution >= 4 is 34.6 Å². The molecule has 1 saturated carbocycles. The summed E-state index contributed by atoms with van der Waals surface area (Å²) < 4.78 is 14.5. The molecule has 11 nitrogen and oxygen atoms in total. The Bertz CT molecular complexity index is 1350. The number of nitrogens with one attached hydrogen (secondary N) is 1. The van der Waals surface area contributed by atoms with Crippen molar-refractivity contribution in [3.05, 3.63) is 66.4 Å². The number of nitrogens with two attached hydrogens (primary N) is 2. The maximum atomic E-state index is 13.0. The fourth-order valence-corrected chi connectivity index (χ4v) is 6.15. The van der Waals surface area contributed by atoms with Gasteiger partial charge in [-0.1, -0.05) is 31.4 Å². The molecule has 0 spiro atoms. The molecule has 40 heavy (non-hydrogen) atoms. The second-order valence-electron chi connectivity index (χ2n) is 10.0. The van der Waals surface area contributed by atoms with E-state index < -0.39 is 17.0 Å². The predicted molar refractivity (Wildman–Crippen MR) is 154 cm³/mol. The Morgan fingerprint density at radius 3 is 2.20 bits per heavy atom. The van der Waals surface area contributed by atoms with Gasteiger partial charge in [-0.2, -0.15) is 4.41 Å². The number of amides is 3. The quantitative estimate of drug-likeness (QED) is 0.295. The van der Waals surface area contributed by atoms with Gasteiger partial charge in [0.2, 0.25) is 5.95 Å². The molecule has 1 aliphatic heterocycles. The third kappa shape index (κ3) is 6.46. The maximum Gasteiger partial charge on any atom is 0.314 e. The maximum absolute atomic E-state index is 13.0. The molecule has 1 aliphatic carbocycles. The molecule has 1 saturated heterocycles. The average Bonchev–Trinajstić information content (AvgIpc) is 3.01. The van der Waals surface area contributed by atoms with Crippen LogP contribution in [0.2, 0.25) is 0 Å². The van der Waals surface area contributed by atoms with Crippen molar-refractivity contribution in [3.8, 4) is 11.3 Å². The fraction of sp³-hybridized carbons (Fsp3) is 0.357. The van der Waals surface area contributed by atoms with E-state index in [1.165, 1.54) is 15.7 Å². The summed E-state index contributed by atoms with van der Waals surface area (Å²) in [5, 5.41) is 3.18. The molecule has 5 N–H and O–H groups in total. The first-order valence-electron chi connectivity index (χ1n) is 13.5. The predicted octanol–water partition coefficient (Wildman–Crippen LogP) is 3.25. The monoisotopic (exact) mass is 562 g/mol. The van der Waals surface area contributed by atoms with Crippen LogP contribution in [0.25, 0.3) is 11.3 Å². The number of hydrazine groups is 1. The van der Waals surface area contributed by atoms with Crippen molar-refractivity contribution in [2.75, 3.05) is 31.5 Å². The van der Waals surface area contributed by atoms with Crippen LogP contribution in [-0.4, -0.2) is 72.6 Å². The summed E-state index contributed by atoms with van der Waals surface area (Å²) in [6.07, 6.45) is 7.09. The Morgan fingerprint density at radius 2 is 1.55 bits per heavy atom. The number of carbonyl (C=O) groups is 2. The number of urea groups is 1. The number of rotatable bonds is 7. The van der Waals surface area contributed by atoms with Gasteiger partial charge < -0.3 is 20.9 Å². The van der Waals surface area contributed by atoms with E-state index in [2.05, 4.69) is 15.3 Å². The van der Waals surface area contributed by atoms with Crippen molar-refractivity contribution in [2.24, 2.45) is 11.6 Å². The lowest BCUT2D eigenvalue weighted by molar-refractivity contribution is 0.0669. The third-order valence-corrected chi connectivity index (χ3v) is 8.76. The Kier molecular flexibility index (Phi) is 8.68. The minimum Gasteiger partial charge on any atom is -0.351 e. The van der Waals surface area contributed by atoms with Crippen molar-refractivity contribution < 1.29 is 13.8 Å². The van der Waals surface area contributed by atoms with Crippen LogP contribution in [0.3, 0.4) is 0 Å². The minimum atomic E-state index is -1.41. The number of carbonyl (C=O) groups excluding carboxylic acids is 2. The molecule has 2 aliphatic rings. The number of benzene rings is 2. The second kappa shape index (κ2) is 12.5. The topological polar surface area (TPSA) is 151 Å². The Balaban J connectivity index is 1.20. The van der Waals surface area contributed by atoms with Crippen molar-refractivity contribution in [3.63, 3.8) is 0 Å². The molecule has 3 aromatic rings. The van der Waals surface area contributed by atoms with E-state index >= 15 is 0 Å². The molecule has 0 bridgehead atoms. The molecule has 5 rings (SSSR count). The Hall–Kier alpha value is -3.87. The van der Waals surface area contributed by atoms with Crippen molar-refractivity contribution in [1.82, 2.24) is 24.2 Å². The number of piperazine rings is 1. The smallest absolute Gasteiger partial charge is 0.314 e. The molecular formula is C28H34N8O3S. The van der Waals surface area contributed by atoms with Crippen LogP contribution in [0.15, 0.2) is 65.7 Å². The summed E-state index contributed by atoms with van der Waals surface area (Å²) in [5.41, 5.74) is 8.20. The van der Waals surface area contributed by atoms with Gasteiger partial charge in [-0.15, -0.1) is 0 Å². The standard InChI is InChI=1S/C28H34N8O3S/c29-27(38)35-18-16-34(17-19-35)26(37)21-6-10-22(11-7-21)32-28-31-15-14-25(33-28)20-8-12-24(13-9-20)40(39)36(30)23-4-2-1-3-5-23/h6-15,23H,1-5,16-19,30H2,(H2,29,38)(H,31,32,33). The lowest BCUT2D eigenvalue weighted by atomic mass is 9.96. The number of aromatic nitrogens is 2. The van der Waals surface area contributed by atoms with Gasteiger partial charge in [-0.25, -0.2) is 19.0 Å². The molecule has 1 unspecified atom stereocenters. The van der Waals surface area contributed by atoms with Gasteiger partial charge in [0.25, 0.3) is 5.91 Å². The first-order chi connectivity index (χ1) is 19.4. The molecule has 2 aromatic carbocycles. The highest BCUT2D eigenvalue weighted by molar-refractivity contribution is 7.82. The highest BCUT2D eigenvalue weighted by atomic mass is 32.2. The van der Waals surface area contributed by atoms with E-state index in [-0.39, 0.29) is 11.9 Å². The van der Waals surface area contributed by atoms with Crippen molar-refractivity contribution in [2.45, 2.75) is 43.0 Å². The molecule has 1 atom stereocenters. The number of hydrogen-bond acceptors (Lipinski definition) is 7. The van der Waals surface area contributed by atoms with Gasteiger partial charge in [0.05, 0.1) is 10.6 Å². The van der Waals surface area contributed by atoms with Gasteiger partial charge in [-0.3, -0.25) is 10.6 Å². The fourth-order valence-electron chi connectivity index (χ4n) is 5.05. The number of hydrogen-bond donors (Lipinski definition) is 3. The van der Waals surface area contributed by atoms with Crippen LogP contribution in [0.4, 0.5) is 16.4 Å². The molecule has 1 aromatic heterocycles. The van der Waals surface area contributed by atoms with Gasteiger partial charge in [0.1, 0.15) is 11.0 Å². The van der Waals surface area contributed by atoms with E-state index in [0.29, 0.717) is 48.3 Å². The highest BCUT2D eigenvalue weighted by Gasteiger charge is 2.25. The van der Waals surface area contributed by atoms with Crippen LogP contribution >= 0.6 is 0 Å². The van der Waals surface area contributed by atoms with E-state index in [0.717, 1.165) is 36.9 Å². The summed E-state index contributed by atoms with van der Waals surface area (Å²) in [6, 6.07) is 16.0. The number of primary amides is 1. The minimum absolute atomic E-state index is 0.0882. The molecule has 2 fully saturated rings. The summed E-state index contributed by atoms with van der Waals surface area (Å²) in [4.78, 5) is 37.0. The lowest BCUT2D eigenvalue weighted by Gasteiger charge is -2.33. The van der Waals surface area contributed by atoms with Crippen LogP contribution < -0.4 is 16.9 Å². The van der Waals surface area contributed by atoms with Gasteiger partial charge in [0, 0.05) is 55.2 Å². The highest BCUT2D eigenvalue weighted by Crippen LogP contribution is 2.25. The van der Waals surface area contributed by atoms with Gasteiger partial charge in [0.15, 0.2) is 0 Å². The third-order valence-electron chi connectivity index (χ3n) is 7.40. The van der Waals surface area contributed by atoms with E-state index in [1.54, 1.807) is 35.4 Å². The van der Waals surface area contributed by atoms with Gasteiger partial charge in [-0.05, 0) is 55.3 Å². The largest absolute Gasteiger partial charge is 0.351 e. The van der Waals surface area contributed by atoms with E-state index in [1.807, 2.05) is 30.3 Å². The van der Waals surface area contributed by atoms with E-state index in [9.17, 15) is 13.8 Å². The van der Waals surface area contributed by atoms with Crippen molar-refractivity contribution in [1.29, 1.82) is 0 Å². The zero-order chi connectivity index (χ0) is 28.1. The second-order valence-corrected chi connectivity index (χ2v) is 11.4. The van der Waals surface area contributed by atoms with E-state index in [4.69, 9.17) is 11.6 Å². The molecule has 2 heterocycles. The van der Waals surface area contributed by atoms with Crippen LogP contribution in [-0.2, 0) is 11.0 Å². The number of nitrogens with zero attached hydrogens (tertiary/aromatic N) is 5. The van der Waals surface area contributed by atoms with Crippen LogP contribution in [0, 0.1) is 0 Å². The van der Waals surface area contributed by atoms with Crippen LogP contribution in [0.5, 0.6) is 0 Å². The summed E-state index contributed by atoms with van der Waals surface area (Å²) in [6.45, 7) is 1.76. The average molecular weight is 563 g/mol. The number of anilines is 2. The first kappa shape index (κ1) is 27.7. The zero-order valence-corrected chi connectivity index (χ0v) is 23.1. The lowest BCUT2D eigenvalue weighted by Crippen LogP contribution is -2.52. The first-order valence-corrected chi connectivity index (χ1v) is 14.6. The molecule has 3 amide bonds. The summed E-state index contributed by atoms with van der Waals surface area (Å²) in [5.74, 6) is 6.54.